The van der Waals surface area contributed by atoms with Crippen LogP contribution in [-0.4, -0.2) is 12.6 Å². The van der Waals surface area contributed by atoms with Crippen LogP contribution < -0.4 is 0 Å². The average molecular weight is 166 g/mol. The molecule has 0 unspecified atom stereocenters. The molecule has 0 saturated heterocycles. The first-order chi connectivity index (χ1) is 4.74. The van der Waals surface area contributed by atoms with Gasteiger partial charge < -0.3 is 0 Å². The maximum absolute atomic E-state index is 11.0. The molecule has 8 heteroatoms. The number of hydrogen-bond donors (Lipinski definition) is 0. The van der Waals surface area contributed by atoms with Crippen molar-refractivity contribution < 1.29 is 37.9 Å². The summed E-state index contributed by atoms with van der Waals surface area (Å²) in [6.45, 7) is -1.55. The van der Waals surface area contributed by atoms with Gasteiger partial charge in [0.05, 0.1) is 0 Å². The fourth-order valence-corrected chi connectivity index (χ4v) is 0.169. The van der Waals surface area contributed by atoms with Gasteiger partial charge in [-0.2, -0.15) is 4.94 Å². The van der Waals surface area contributed by atoms with Gasteiger partial charge in [-0.15, -0.1) is 14.8 Å². The zero-order valence-electron chi connectivity index (χ0n) is 4.35. The average Bonchev–Trinajstić information content (AvgIpc) is 2.01. The molecule has 0 amide bonds. The van der Waals surface area contributed by atoms with E-state index in [9.17, 15) is 18.1 Å². The monoisotopic (exact) mass is 166 g/mol. The molecule has 0 saturated carbocycles. The lowest BCUT2D eigenvalue weighted by atomic mass is 10.6. The van der Waals surface area contributed by atoms with E-state index in [2.05, 4.69) is 19.8 Å². The van der Waals surface area contributed by atoms with Gasteiger partial charge in [0.2, 0.25) is 0 Å². The third kappa shape index (κ3) is 2.06. The Morgan fingerprint density at radius 2 is 1.30 bits per heavy atom. The van der Waals surface area contributed by atoms with Crippen molar-refractivity contribution in [1.82, 2.24) is 0 Å². The van der Waals surface area contributed by atoms with Crippen molar-refractivity contribution >= 4 is 0 Å². The van der Waals surface area contributed by atoms with Gasteiger partial charge in [0.15, 0.2) is 6.61 Å². The molecule has 0 atom stereocenters. The predicted octanol–water partition coefficient (Wildman–Crippen LogP) is 1.24. The topological polar surface area (TPSA) is 36.9 Å². The van der Waals surface area contributed by atoms with E-state index in [0.717, 1.165) is 0 Å². The van der Waals surface area contributed by atoms with Crippen LogP contribution in [0.4, 0.5) is 18.1 Å². The minimum Gasteiger partial charge on any atom is -0.185 e. The Kier molecular flexibility index (Phi) is 4.19. The molecule has 0 rings (SSSR count). The highest BCUT2D eigenvalue weighted by molar-refractivity contribution is 4.45. The molecule has 4 nitrogen and oxygen atoms in total. The van der Waals surface area contributed by atoms with Gasteiger partial charge in [-0.1, -0.05) is 0 Å². The van der Waals surface area contributed by atoms with Crippen LogP contribution in [0.5, 0.6) is 0 Å². The quantitative estimate of drug-likeness (QED) is 0.454. The van der Waals surface area contributed by atoms with Crippen molar-refractivity contribution in [3.8, 4) is 0 Å². The lowest BCUT2D eigenvalue weighted by Gasteiger charge is -2.14. The summed E-state index contributed by atoms with van der Waals surface area (Å²) >= 11 is 0. The molecular weight excluding hydrogens is 164 g/mol. The first-order valence-corrected chi connectivity index (χ1v) is 1.87. The largest absolute Gasteiger partial charge is 0.406 e. The van der Waals surface area contributed by atoms with E-state index >= 15 is 0 Å². The molecule has 0 aromatic heterocycles. The van der Waals surface area contributed by atoms with Gasteiger partial charge in [0.1, 0.15) is 0 Å². The van der Waals surface area contributed by atoms with Crippen LogP contribution in [0.2, 0.25) is 0 Å². The fourth-order valence-electron chi connectivity index (χ4n) is 0.169. The molecule has 62 valence electrons. The summed E-state index contributed by atoms with van der Waals surface area (Å²) in [5.41, 5.74) is 0. The van der Waals surface area contributed by atoms with E-state index in [1.807, 2.05) is 0 Å². The standard InChI is InChI=1S/C2H2F4O4/c3-7-1-2(8-4,9-5)10-6/h1H2. The van der Waals surface area contributed by atoms with Crippen molar-refractivity contribution in [1.29, 1.82) is 0 Å². The molecule has 10 heavy (non-hydrogen) atoms. The normalized spacial score (nSPS) is 12.0. The van der Waals surface area contributed by atoms with Crippen molar-refractivity contribution in [2.45, 2.75) is 5.97 Å². The summed E-state index contributed by atoms with van der Waals surface area (Å²) in [5.74, 6) is -3.42. The lowest BCUT2D eigenvalue weighted by Crippen LogP contribution is -2.36. The molecule has 0 bridgehead atoms. The van der Waals surface area contributed by atoms with Crippen LogP contribution in [-0.2, 0) is 19.8 Å². The highest BCUT2D eigenvalue weighted by Gasteiger charge is 2.40. The number of hydrogen-bond acceptors (Lipinski definition) is 4. The van der Waals surface area contributed by atoms with Crippen LogP contribution >= 0.6 is 0 Å². The van der Waals surface area contributed by atoms with Crippen molar-refractivity contribution in [2.75, 3.05) is 6.61 Å². The highest BCUT2D eigenvalue weighted by Crippen LogP contribution is 2.17. The Morgan fingerprint density at radius 1 is 0.900 bits per heavy atom. The highest BCUT2D eigenvalue weighted by atomic mass is 19.3. The van der Waals surface area contributed by atoms with E-state index in [-0.39, 0.29) is 0 Å². The van der Waals surface area contributed by atoms with E-state index in [4.69, 9.17) is 0 Å². The Morgan fingerprint density at radius 3 is 1.40 bits per heavy atom. The molecule has 0 fully saturated rings. The van der Waals surface area contributed by atoms with Gasteiger partial charge in [0.25, 0.3) is 0 Å². The minimum atomic E-state index is -3.42. The van der Waals surface area contributed by atoms with Crippen LogP contribution in [0, 0.1) is 0 Å². The van der Waals surface area contributed by atoms with Crippen LogP contribution in [0.1, 0.15) is 0 Å². The summed E-state index contributed by atoms with van der Waals surface area (Å²) in [4.78, 5) is 9.84. The second-order valence-electron chi connectivity index (χ2n) is 1.17. The zero-order chi connectivity index (χ0) is 8.04. The molecule has 0 heterocycles. The zero-order valence-corrected chi connectivity index (χ0v) is 4.35. The van der Waals surface area contributed by atoms with E-state index < -0.39 is 12.6 Å². The molecule has 0 N–H and O–H groups in total. The van der Waals surface area contributed by atoms with Crippen LogP contribution in [0.3, 0.4) is 0 Å². The Balaban J connectivity index is 3.87. The van der Waals surface area contributed by atoms with Crippen LogP contribution in [0.25, 0.3) is 0 Å². The van der Waals surface area contributed by atoms with Crippen molar-refractivity contribution in [2.24, 2.45) is 0 Å². The molecule has 0 aromatic rings. The Bertz CT molecular complexity index is 77.1. The molecule has 0 aliphatic rings. The minimum absolute atomic E-state index is 1.55. The molecule has 0 radical (unpaired) electrons. The summed E-state index contributed by atoms with van der Waals surface area (Å²) in [7, 11) is 0. The third-order valence-corrected chi connectivity index (χ3v) is 0.584. The summed E-state index contributed by atoms with van der Waals surface area (Å²) < 4.78 is 43.9. The summed E-state index contributed by atoms with van der Waals surface area (Å²) in [6, 6.07) is 0. The lowest BCUT2D eigenvalue weighted by molar-refractivity contribution is -0.559. The Labute approximate surface area is 51.8 Å². The van der Waals surface area contributed by atoms with E-state index in [1.165, 1.54) is 0 Å². The van der Waals surface area contributed by atoms with E-state index in [0.29, 0.717) is 0 Å². The smallest absolute Gasteiger partial charge is 0.185 e. The summed E-state index contributed by atoms with van der Waals surface area (Å²) in [5, 5.41) is 0. The number of rotatable bonds is 5. The number of halogens is 4. The Hall–Kier alpha value is -0.440. The van der Waals surface area contributed by atoms with Gasteiger partial charge >= 0.3 is 5.97 Å². The maximum atomic E-state index is 11.0. The molecule has 0 aliphatic heterocycles. The fraction of sp³-hybridized carbons (Fsp3) is 1.00. The van der Waals surface area contributed by atoms with Gasteiger partial charge in [-0.25, -0.2) is 0 Å². The molecule has 0 aliphatic carbocycles. The summed E-state index contributed by atoms with van der Waals surface area (Å²) in [6.07, 6.45) is 0. The van der Waals surface area contributed by atoms with Gasteiger partial charge in [-0.3, -0.25) is 0 Å². The second kappa shape index (κ2) is 4.39. The maximum Gasteiger partial charge on any atom is 0.406 e. The molecule has 0 spiro atoms. The van der Waals surface area contributed by atoms with Gasteiger partial charge in [-0.05, 0) is 18.1 Å². The second-order valence-corrected chi connectivity index (χ2v) is 1.17. The first kappa shape index (κ1) is 9.56. The van der Waals surface area contributed by atoms with Crippen molar-refractivity contribution in [3.63, 3.8) is 0 Å². The molecular formula is C2H2F4O4. The van der Waals surface area contributed by atoms with Gasteiger partial charge in [0, 0.05) is 0 Å². The van der Waals surface area contributed by atoms with E-state index in [1.54, 1.807) is 0 Å². The predicted molar refractivity (Wildman–Crippen MR) is 16.4 cm³/mol. The molecule has 0 aromatic carbocycles. The van der Waals surface area contributed by atoms with Crippen LogP contribution in [0.15, 0.2) is 0 Å². The third-order valence-electron chi connectivity index (χ3n) is 0.584. The van der Waals surface area contributed by atoms with Crippen molar-refractivity contribution in [3.05, 3.63) is 0 Å². The first-order valence-electron chi connectivity index (χ1n) is 1.87. The SMILES string of the molecule is FOCC(OF)(OF)OF.